The van der Waals surface area contributed by atoms with Gasteiger partial charge in [0, 0.05) is 7.11 Å². The van der Waals surface area contributed by atoms with E-state index >= 15 is 0 Å². The van der Waals surface area contributed by atoms with E-state index < -0.39 is 17.4 Å². The highest BCUT2D eigenvalue weighted by Crippen LogP contribution is 2.24. The molecule has 1 aromatic rings. The molecule has 112 valence electrons. The van der Waals surface area contributed by atoms with E-state index in [0.717, 1.165) is 12.1 Å². The number of aromatic hydroxyl groups is 1. The van der Waals surface area contributed by atoms with Gasteiger partial charge in [-0.05, 0) is 30.7 Å². The maximum Gasteiger partial charge on any atom is 0.277 e. The molecule has 0 radical (unpaired) electrons. The molecular formula is C14H14F2N2O3. The molecule has 0 aromatic heterocycles. The van der Waals surface area contributed by atoms with Gasteiger partial charge < -0.3 is 9.84 Å². The second kappa shape index (κ2) is 6.01. The van der Waals surface area contributed by atoms with Crippen molar-refractivity contribution in [2.24, 2.45) is 4.99 Å². The first-order valence-electron chi connectivity index (χ1n) is 6.20. The summed E-state index contributed by atoms with van der Waals surface area (Å²) in [6.45, 7) is 2.36. The molecule has 1 heterocycles. The number of rotatable bonds is 4. The van der Waals surface area contributed by atoms with Crippen molar-refractivity contribution in [3.05, 3.63) is 35.0 Å². The Morgan fingerprint density at radius 2 is 2.00 bits per heavy atom. The molecule has 0 saturated heterocycles. The van der Waals surface area contributed by atoms with Crippen molar-refractivity contribution in [2.45, 2.75) is 6.92 Å². The molecule has 0 atom stereocenters. The molecule has 0 bridgehead atoms. The number of hydrogen-bond acceptors (Lipinski definition) is 4. The van der Waals surface area contributed by atoms with Crippen LogP contribution in [-0.2, 0) is 9.53 Å². The van der Waals surface area contributed by atoms with E-state index in [0.29, 0.717) is 19.0 Å². The normalized spacial score (nSPS) is 16.8. The first kappa shape index (κ1) is 15.1. The number of amidine groups is 1. The molecule has 7 heteroatoms. The van der Waals surface area contributed by atoms with Crippen LogP contribution < -0.4 is 0 Å². The first-order valence-corrected chi connectivity index (χ1v) is 6.20. The lowest BCUT2D eigenvalue weighted by molar-refractivity contribution is -0.123. The van der Waals surface area contributed by atoms with Crippen molar-refractivity contribution in [3.8, 4) is 5.75 Å². The van der Waals surface area contributed by atoms with Gasteiger partial charge in [0.25, 0.3) is 5.91 Å². The fraction of sp³-hybridized carbons (Fsp3) is 0.286. The minimum absolute atomic E-state index is 0.0769. The van der Waals surface area contributed by atoms with Gasteiger partial charge >= 0.3 is 0 Å². The lowest BCUT2D eigenvalue weighted by atomic mass is 10.1. The van der Waals surface area contributed by atoms with E-state index in [-0.39, 0.29) is 17.2 Å². The van der Waals surface area contributed by atoms with Crippen LogP contribution in [0.15, 0.2) is 22.8 Å². The molecule has 1 aliphatic rings. The Balaban J connectivity index is 2.29. The second-order valence-corrected chi connectivity index (χ2v) is 4.47. The number of phenolic OH excluding ortho intramolecular Hbond substituents is 1. The lowest BCUT2D eigenvalue weighted by Gasteiger charge is -2.14. The van der Waals surface area contributed by atoms with Crippen molar-refractivity contribution in [3.63, 3.8) is 0 Å². The third kappa shape index (κ3) is 3.08. The number of amides is 1. The molecule has 0 fully saturated rings. The van der Waals surface area contributed by atoms with Crippen LogP contribution >= 0.6 is 0 Å². The Morgan fingerprint density at radius 1 is 1.38 bits per heavy atom. The second-order valence-electron chi connectivity index (χ2n) is 4.47. The van der Waals surface area contributed by atoms with Crippen LogP contribution in [0.1, 0.15) is 12.5 Å². The molecular weight excluding hydrogens is 282 g/mol. The number of halogens is 2. The highest BCUT2D eigenvalue weighted by atomic mass is 19.1. The summed E-state index contributed by atoms with van der Waals surface area (Å²) >= 11 is 0. The lowest BCUT2D eigenvalue weighted by Crippen LogP contribution is -2.33. The zero-order valence-corrected chi connectivity index (χ0v) is 11.6. The predicted octanol–water partition coefficient (Wildman–Crippen LogP) is 1.92. The van der Waals surface area contributed by atoms with E-state index in [4.69, 9.17) is 9.84 Å². The van der Waals surface area contributed by atoms with Crippen LogP contribution in [0.3, 0.4) is 0 Å². The zero-order valence-electron chi connectivity index (χ0n) is 11.6. The quantitative estimate of drug-likeness (QED) is 0.863. The summed E-state index contributed by atoms with van der Waals surface area (Å²) in [5, 5.41) is 9.04. The maximum absolute atomic E-state index is 13.3. The van der Waals surface area contributed by atoms with Crippen LogP contribution in [0.25, 0.3) is 6.08 Å². The fourth-order valence-electron chi connectivity index (χ4n) is 1.93. The summed E-state index contributed by atoms with van der Waals surface area (Å²) in [6, 6.07) is 1.86. The molecule has 0 saturated carbocycles. The largest absolute Gasteiger partial charge is 0.503 e. The van der Waals surface area contributed by atoms with Crippen molar-refractivity contribution in [1.82, 2.24) is 4.90 Å². The minimum atomic E-state index is -1.09. The van der Waals surface area contributed by atoms with Crippen molar-refractivity contribution < 1.29 is 23.4 Å². The van der Waals surface area contributed by atoms with E-state index in [1.807, 2.05) is 0 Å². The van der Waals surface area contributed by atoms with Crippen LogP contribution in [0.5, 0.6) is 5.75 Å². The predicted molar refractivity (Wildman–Crippen MR) is 72.7 cm³/mol. The number of methoxy groups -OCH3 is 1. The summed E-state index contributed by atoms with van der Waals surface area (Å²) < 4.78 is 31.4. The van der Waals surface area contributed by atoms with E-state index in [1.165, 1.54) is 18.1 Å². The van der Waals surface area contributed by atoms with Crippen molar-refractivity contribution in [2.75, 3.05) is 20.3 Å². The number of carbonyl (C=O) groups excluding carboxylic acids is 1. The van der Waals surface area contributed by atoms with Crippen LogP contribution in [-0.4, -0.2) is 42.0 Å². The average molecular weight is 296 g/mol. The molecule has 1 aliphatic heterocycles. The van der Waals surface area contributed by atoms with E-state index in [1.54, 1.807) is 6.92 Å². The molecule has 0 aliphatic carbocycles. The van der Waals surface area contributed by atoms with Crippen LogP contribution in [0.2, 0.25) is 0 Å². The Hall–Kier alpha value is -2.28. The highest BCUT2D eigenvalue weighted by Gasteiger charge is 2.27. The molecule has 1 aromatic carbocycles. The van der Waals surface area contributed by atoms with Gasteiger partial charge in [-0.15, -0.1) is 0 Å². The van der Waals surface area contributed by atoms with Crippen LogP contribution in [0, 0.1) is 11.6 Å². The average Bonchev–Trinajstić information content (AvgIpc) is 2.69. The van der Waals surface area contributed by atoms with Gasteiger partial charge in [-0.3, -0.25) is 9.69 Å². The standard InChI is InChI=1S/C14H14F2N2O3/c1-8-17-12(14(20)18(8)3-4-21-2)7-9-5-10(15)13(19)11(16)6-9/h5-7,19H,3-4H2,1-2H3/b12-7-. The van der Waals surface area contributed by atoms with E-state index in [2.05, 4.69) is 4.99 Å². The topological polar surface area (TPSA) is 62.1 Å². The molecule has 21 heavy (non-hydrogen) atoms. The molecule has 1 amide bonds. The van der Waals surface area contributed by atoms with Crippen molar-refractivity contribution in [1.29, 1.82) is 0 Å². The van der Waals surface area contributed by atoms with Gasteiger partial charge in [0.1, 0.15) is 11.5 Å². The summed E-state index contributed by atoms with van der Waals surface area (Å²) in [6.07, 6.45) is 1.27. The van der Waals surface area contributed by atoms with Gasteiger partial charge in [-0.25, -0.2) is 13.8 Å². The molecule has 0 spiro atoms. The van der Waals surface area contributed by atoms with Gasteiger partial charge in [0.05, 0.1) is 13.2 Å². The van der Waals surface area contributed by atoms with Gasteiger partial charge in [-0.1, -0.05) is 0 Å². The first-order chi connectivity index (χ1) is 9.93. The van der Waals surface area contributed by atoms with E-state index in [9.17, 15) is 13.6 Å². The number of hydrogen-bond donors (Lipinski definition) is 1. The molecule has 2 rings (SSSR count). The summed E-state index contributed by atoms with van der Waals surface area (Å²) in [7, 11) is 1.52. The summed E-state index contributed by atoms with van der Waals surface area (Å²) in [4.78, 5) is 17.6. The SMILES string of the molecule is COCCN1C(=O)/C(=C/c2cc(F)c(O)c(F)c2)N=C1C. The minimum Gasteiger partial charge on any atom is -0.503 e. The number of nitrogens with zero attached hydrogens (tertiary/aromatic N) is 2. The monoisotopic (exact) mass is 296 g/mol. The number of carbonyl (C=O) groups is 1. The Morgan fingerprint density at radius 3 is 2.57 bits per heavy atom. The fourth-order valence-corrected chi connectivity index (χ4v) is 1.93. The zero-order chi connectivity index (χ0) is 15.6. The Kier molecular flexibility index (Phi) is 4.32. The number of aliphatic imine (C=N–C) groups is 1. The summed E-state index contributed by atoms with van der Waals surface area (Å²) in [5.41, 5.74) is 0.185. The third-order valence-electron chi connectivity index (χ3n) is 3.00. The Bertz CT molecular complexity index is 618. The van der Waals surface area contributed by atoms with Gasteiger partial charge in [0.2, 0.25) is 0 Å². The molecule has 5 nitrogen and oxygen atoms in total. The number of ether oxygens (including phenoxy) is 1. The summed E-state index contributed by atoms with van der Waals surface area (Å²) in [5.74, 6) is -3.11. The van der Waals surface area contributed by atoms with Crippen molar-refractivity contribution >= 4 is 17.8 Å². The number of phenols is 1. The number of benzene rings is 1. The highest BCUT2D eigenvalue weighted by molar-refractivity contribution is 6.13. The smallest absolute Gasteiger partial charge is 0.277 e. The maximum atomic E-state index is 13.3. The molecule has 0 unspecified atom stereocenters. The molecule has 1 N–H and O–H groups in total. The Labute approximate surface area is 120 Å². The third-order valence-corrected chi connectivity index (χ3v) is 3.00. The van der Waals surface area contributed by atoms with Gasteiger partial charge in [0.15, 0.2) is 17.4 Å². The van der Waals surface area contributed by atoms with Crippen LogP contribution in [0.4, 0.5) is 8.78 Å². The van der Waals surface area contributed by atoms with Gasteiger partial charge in [-0.2, -0.15) is 0 Å².